The highest BCUT2D eigenvalue weighted by Crippen LogP contribution is 2.12. The van der Waals surface area contributed by atoms with Crippen molar-refractivity contribution < 1.29 is 4.79 Å². The molecule has 5 nitrogen and oxygen atoms in total. The molecule has 1 aromatic carbocycles. The highest BCUT2D eigenvalue weighted by atomic mass is 16.1. The van der Waals surface area contributed by atoms with Crippen molar-refractivity contribution in [2.24, 2.45) is 4.99 Å². The highest BCUT2D eigenvalue weighted by molar-refractivity contribution is 5.90. The molecule has 1 aromatic rings. The summed E-state index contributed by atoms with van der Waals surface area (Å²) in [6, 6.07) is 7.84. The number of hydrogen-bond donors (Lipinski definition) is 3. The summed E-state index contributed by atoms with van der Waals surface area (Å²) >= 11 is 0. The number of rotatable bonds is 8. The van der Waals surface area contributed by atoms with Crippen LogP contribution in [0.1, 0.15) is 45.6 Å². The molecule has 0 atom stereocenters. The number of anilines is 1. The molecule has 0 saturated heterocycles. The van der Waals surface area contributed by atoms with Crippen LogP contribution in [0.4, 0.5) is 5.69 Å². The molecule has 0 spiro atoms. The van der Waals surface area contributed by atoms with Crippen LogP contribution in [0.25, 0.3) is 0 Å². The van der Waals surface area contributed by atoms with Crippen LogP contribution in [0.15, 0.2) is 29.3 Å². The molecule has 22 heavy (non-hydrogen) atoms. The van der Waals surface area contributed by atoms with Gasteiger partial charge in [0, 0.05) is 25.2 Å². The zero-order valence-corrected chi connectivity index (χ0v) is 13.9. The predicted molar refractivity (Wildman–Crippen MR) is 93.1 cm³/mol. The molecular formula is C17H28N4O. The number of carbonyl (C=O) groups excluding carboxylic acids is 1. The van der Waals surface area contributed by atoms with Crippen LogP contribution in [-0.4, -0.2) is 25.0 Å². The molecule has 0 fully saturated rings. The molecule has 0 heterocycles. The van der Waals surface area contributed by atoms with E-state index in [0.717, 1.165) is 43.1 Å². The molecule has 1 amide bonds. The number of hydrogen-bond acceptors (Lipinski definition) is 2. The van der Waals surface area contributed by atoms with E-state index in [1.54, 1.807) is 0 Å². The van der Waals surface area contributed by atoms with Crippen molar-refractivity contribution in [3.8, 4) is 0 Å². The second kappa shape index (κ2) is 10.7. The van der Waals surface area contributed by atoms with Crippen LogP contribution in [-0.2, 0) is 11.3 Å². The van der Waals surface area contributed by atoms with Crippen LogP contribution >= 0.6 is 0 Å². The van der Waals surface area contributed by atoms with Gasteiger partial charge in [-0.3, -0.25) is 4.79 Å². The van der Waals surface area contributed by atoms with Gasteiger partial charge in [0.1, 0.15) is 0 Å². The van der Waals surface area contributed by atoms with Crippen molar-refractivity contribution in [2.75, 3.05) is 18.4 Å². The van der Waals surface area contributed by atoms with Crippen LogP contribution in [0.3, 0.4) is 0 Å². The molecule has 0 unspecified atom stereocenters. The summed E-state index contributed by atoms with van der Waals surface area (Å²) in [6.45, 7) is 8.49. The van der Waals surface area contributed by atoms with E-state index in [1.807, 2.05) is 38.1 Å². The summed E-state index contributed by atoms with van der Waals surface area (Å²) in [4.78, 5) is 16.2. The van der Waals surface area contributed by atoms with E-state index in [-0.39, 0.29) is 5.91 Å². The first-order valence-electron chi connectivity index (χ1n) is 8.10. The van der Waals surface area contributed by atoms with E-state index in [1.165, 1.54) is 0 Å². The quantitative estimate of drug-likeness (QED) is 0.511. The van der Waals surface area contributed by atoms with Crippen molar-refractivity contribution in [3.63, 3.8) is 0 Å². The number of aliphatic imine (C=N–C) groups is 1. The third-order valence-electron chi connectivity index (χ3n) is 2.99. The Morgan fingerprint density at radius 3 is 2.64 bits per heavy atom. The van der Waals surface area contributed by atoms with Gasteiger partial charge in [0.05, 0.1) is 6.54 Å². The van der Waals surface area contributed by atoms with Gasteiger partial charge >= 0.3 is 0 Å². The molecule has 0 aliphatic heterocycles. The highest BCUT2D eigenvalue weighted by Gasteiger charge is 2.02. The average Bonchev–Trinajstić information content (AvgIpc) is 2.50. The Morgan fingerprint density at radius 2 is 1.95 bits per heavy atom. The molecule has 0 radical (unpaired) electrons. The summed E-state index contributed by atoms with van der Waals surface area (Å²) in [5.74, 6) is 0.880. The third kappa shape index (κ3) is 7.11. The molecule has 122 valence electrons. The summed E-state index contributed by atoms with van der Waals surface area (Å²) in [6.07, 6.45) is 2.46. The normalized spacial score (nSPS) is 11.1. The summed E-state index contributed by atoms with van der Waals surface area (Å²) in [7, 11) is 0. The van der Waals surface area contributed by atoms with Crippen molar-refractivity contribution in [2.45, 2.75) is 46.6 Å². The molecule has 0 aliphatic rings. The van der Waals surface area contributed by atoms with Gasteiger partial charge < -0.3 is 16.0 Å². The second-order valence-corrected chi connectivity index (χ2v) is 5.12. The van der Waals surface area contributed by atoms with E-state index >= 15 is 0 Å². The molecule has 1 rings (SSSR count). The Kier molecular flexibility index (Phi) is 8.72. The lowest BCUT2D eigenvalue weighted by Crippen LogP contribution is -2.37. The number of benzene rings is 1. The minimum Gasteiger partial charge on any atom is -0.357 e. The largest absolute Gasteiger partial charge is 0.357 e. The summed E-state index contributed by atoms with van der Waals surface area (Å²) < 4.78 is 0. The van der Waals surface area contributed by atoms with Crippen LogP contribution in [0.5, 0.6) is 0 Å². The maximum absolute atomic E-state index is 11.6. The van der Waals surface area contributed by atoms with E-state index in [0.29, 0.717) is 13.0 Å². The maximum Gasteiger partial charge on any atom is 0.224 e. The lowest BCUT2D eigenvalue weighted by Gasteiger charge is -2.10. The Hall–Kier alpha value is -2.04. The van der Waals surface area contributed by atoms with Gasteiger partial charge in [0.25, 0.3) is 0 Å². The van der Waals surface area contributed by atoms with Gasteiger partial charge in [-0.2, -0.15) is 0 Å². The van der Waals surface area contributed by atoms with Crippen molar-refractivity contribution in [1.29, 1.82) is 0 Å². The van der Waals surface area contributed by atoms with Crippen molar-refractivity contribution in [1.82, 2.24) is 10.6 Å². The predicted octanol–water partition coefficient (Wildman–Crippen LogP) is 2.89. The second-order valence-electron chi connectivity index (χ2n) is 5.12. The topological polar surface area (TPSA) is 65.5 Å². The van der Waals surface area contributed by atoms with Crippen LogP contribution in [0.2, 0.25) is 0 Å². The first-order valence-corrected chi connectivity index (χ1v) is 8.10. The average molecular weight is 304 g/mol. The monoisotopic (exact) mass is 304 g/mol. The molecule has 3 N–H and O–H groups in total. The number of amides is 1. The summed E-state index contributed by atoms with van der Waals surface area (Å²) in [5, 5.41) is 9.41. The summed E-state index contributed by atoms with van der Waals surface area (Å²) in [5.41, 5.74) is 1.90. The number of guanidine groups is 1. The van der Waals surface area contributed by atoms with Gasteiger partial charge in [0.2, 0.25) is 5.91 Å². The van der Waals surface area contributed by atoms with E-state index in [2.05, 4.69) is 27.9 Å². The standard InChI is InChI=1S/C17H28N4O/c1-4-8-16(22)21-15-10-7-9-14(12-15)13-20-17(18-6-3)19-11-5-2/h7,9-10,12H,4-6,8,11,13H2,1-3H3,(H,21,22)(H2,18,19,20). The Morgan fingerprint density at radius 1 is 1.14 bits per heavy atom. The van der Waals surface area contributed by atoms with Gasteiger partial charge in [-0.15, -0.1) is 0 Å². The Labute approximate surface area is 133 Å². The van der Waals surface area contributed by atoms with Gasteiger partial charge in [-0.05, 0) is 37.5 Å². The smallest absolute Gasteiger partial charge is 0.224 e. The Bertz CT molecular complexity index is 485. The number of nitrogens with zero attached hydrogens (tertiary/aromatic N) is 1. The fraction of sp³-hybridized carbons (Fsp3) is 0.529. The van der Waals surface area contributed by atoms with E-state index in [9.17, 15) is 4.79 Å². The lowest BCUT2D eigenvalue weighted by atomic mass is 10.2. The third-order valence-corrected chi connectivity index (χ3v) is 2.99. The fourth-order valence-electron chi connectivity index (χ4n) is 1.95. The molecule has 0 aliphatic carbocycles. The minimum atomic E-state index is 0.0566. The SMILES string of the molecule is CCCNC(=NCc1cccc(NC(=O)CCC)c1)NCC. The molecule has 0 aromatic heterocycles. The number of nitrogens with one attached hydrogen (secondary N) is 3. The van der Waals surface area contributed by atoms with E-state index < -0.39 is 0 Å². The van der Waals surface area contributed by atoms with Crippen LogP contribution < -0.4 is 16.0 Å². The van der Waals surface area contributed by atoms with Crippen LogP contribution in [0, 0.1) is 0 Å². The van der Waals surface area contributed by atoms with E-state index in [4.69, 9.17) is 0 Å². The van der Waals surface area contributed by atoms with Gasteiger partial charge in [-0.1, -0.05) is 26.0 Å². The molecule has 0 bridgehead atoms. The first-order chi connectivity index (χ1) is 10.7. The molecule has 0 saturated carbocycles. The van der Waals surface area contributed by atoms with Crippen molar-refractivity contribution in [3.05, 3.63) is 29.8 Å². The van der Waals surface area contributed by atoms with Gasteiger partial charge in [0.15, 0.2) is 5.96 Å². The Balaban J connectivity index is 2.65. The zero-order valence-electron chi connectivity index (χ0n) is 13.9. The zero-order chi connectivity index (χ0) is 16.2. The molecule has 5 heteroatoms. The molecular weight excluding hydrogens is 276 g/mol. The number of carbonyl (C=O) groups is 1. The maximum atomic E-state index is 11.6. The van der Waals surface area contributed by atoms with Gasteiger partial charge in [-0.25, -0.2) is 4.99 Å². The first kappa shape index (κ1) is 18.0. The lowest BCUT2D eigenvalue weighted by molar-refractivity contribution is -0.116. The fourth-order valence-corrected chi connectivity index (χ4v) is 1.95. The van der Waals surface area contributed by atoms with Crippen molar-refractivity contribution >= 4 is 17.6 Å². The minimum absolute atomic E-state index is 0.0566.